The summed E-state index contributed by atoms with van der Waals surface area (Å²) in [4.78, 5) is 31.6. The Labute approximate surface area is 214 Å². The Bertz CT molecular complexity index is 1240. The molecule has 188 valence electrons. The fraction of sp³-hybridized carbons (Fsp3) is 0.333. The van der Waals surface area contributed by atoms with Crippen LogP contribution in [0, 0.1) is 6.92 Å². The SMILES string of the molecule is COc1ccc(CC(=O)c2ccc(-c3ccc(C(=O)N(C)C)cc3)cc2C)cc1N1CCN(C)CC1. The van der Waals surface area contributed by atoms with E-state index >= 15 is 0 Å². The highest BCUT2D eigenvalue weighted by Crippen LogP contribution is 2.31. The van der Waals surface area contributed by atoms with Gasteiger partial charge in [0.1, 0.15) is 5.75 Å². The lowest BCUT2D eigenvalue weighted by Crippen LogP contribution is -2.44. The first-order valence-electron chi connectivity index (χ1n) is 12.3. The van der Waals surface area contributed by atoms with Gasteiger partial charge in [-0.15, -0.1) is 0 Å². The summed E-state index contributed by atoms with van der Waals surface area (Å²) >= 11 is 0. The smallest absolute Gasteiger partial charge is 0.253 e. The van der Waals surface area contributed by atoms with Crippen molar-refractivity contribution < 1.29 is 14.3 Å². The van der Waals surface area contributed by atoms with Crippen molar-refractivity contribution in [2.45, 2.75) is 13.3 Å². The molecule has 1 heterocycles. The lowest BCUT2D eigenvalue weighted by atomic mass is 9.94. The molecule has 1 saturated heterocycles. The van der Waals surface area contributed by atoms with Crippen molar-refractivity contribution in [3.8, 4) is 16.9 Å². The van der Waals surface area contributed by atoms with Crippen LogP contribution in [0.5, 0.6) is 5.75 Å². The maximum atomic E-state index is 13.3. The van der Waals surface area contributed by atoms with Gasteiger partial charge in [0.15, 0.2) is 5.78 Å². The highest BCUT2D eigenvalue weighted by Gasteiger charge is 2.19. The van der Waals surface area contributed by atoms with E-state index in [0.717, 1.165) is 65.4 Å². The molecule has 3 aromatic carbocycles. The first-order chi connectivity index (χ1) is 17.3. The topological polar surface area (TPSA) is 53.1 Å². The van der Waals surface area contributed by atoms with E-state index < -0.39 is 0 Å². The minimum atomic E-state index is -0.0204. The van der Waals surface area contributed by atoms with Gasteiger partial charge in [0.2, 0.25) is 0 Å². The van der Waals surface area contributed by atoms with Gasteiger partial charge in [-0.05, 0) is 60.5 Å². The number of hydrogen-bond donors (Lipinski definition) is 0. The Morgan fingerprint density at radius 2 is 1.56 bits per heavy atom. The summed E-state index contributed by atoms with van der Waals surface area (Å²) in [7, 11) is 7.32. The molecule has 1 amide bonds. The number of rotatable bonds is 7. The molecule has 36 heavy (non-hydrogen) atoms. The zero-order valence-electron chi connectivity index (χ0n) is 21.9. The number of aryl methyl sites for hydroxylation is 1. The maximum Gasteiger partial charge on any atom is 0.253 e. The van der Waals surface area contributed by atoms with Gasteiger partial charge < -0.3 is 19.4 Å². The van der Waals surface area contributed by atoms with Crippen molar-refractivity contribution in [2.75, 3.05) is 59.3 Å². The van der Waals surface area contributed by atoms with E-state index in [1.807, 2.05) is 61.5 Å². The molecule has 6 nitrogen and oxygen atoms in total. The Balaban J connectivity index is 1.50. The quantitative estimate of drug-likeness (QED) is 0.460. The number of likely N-dealkylation sites (N-methyl/N-ethyl adjacent to an activating group) is 1. The summed E-state index contributed by atoms with van der Waals surface area (Å²) in [5, 5.41) is 0. The van der Waals surface area contributed by atoms with Crippen molar-refractivity contribution in [1.82, 2.24) is 9.80 Å². The Hall–Kier alpha value is -3.64. The second-order valence-corrected chi connectivity index (χ2v) is 9.70. The Kier molecular flexibility index (Phi) is 7.75. The number of amides is 1. The molecule has 0 unspecified atom stereocenters. The molecule has 1 fully saturated rings. The van der Waals surface area contributed by atoms with Gasteiger partial charge in [-0.25, -0.2) is 0 Å². The zero-order valence-corrected chi connectivity index (χ0v) is 21.9. The number of ether oxygens (including phenoxy) is 1. The third kappa shape index (κ3) is 5.60. The van der Waals surface area contributed by atoms with Gasteiger partial charge in [0.05, 0.1) is 12.8 Å². The number of benzene rings is 3. The van der Waals surface area contributed by atoms with Gasteiger partial charge >= 0.3 is 0 Å². The highest BCUT2D eigenvalue weighted by molar-refractivity contribution is 5.99. The minimum Gasteiger partial charge on any atom is -0.495 e. The van der Waals surface area contributed by atoms with Gasteiger partial charge in [0, 0.05) is 57.8 Å². The van der Waals surface area contributed by atoms with E-state index in [-0.39, 0.29) is 11.7 Å². The van der Waals surface area contributed by atoms with Gasteiger partial charge in [-0.1, -0.05) is 36.4 Å². The normalized spacial score (nSPS) is 14.0. The van der Waals surface area contributed by atoms with E-state index in [1.54, 1.807) is 26.1 Å². The van der Waals surface area contributed by atoms with Crippen molar-refractivity contribution in [3.05, 3.63) is 82.9 Å². The molecule has 0 bridgehead atoms. The number of hydrogen-bond acceptors (Lipinski definition) is 5. The number of methoxy groups -OCH3 is 1. The van der Waals surface area contributed by atoms with Gasteiger partial charge in [-0.3, -0.25) is 9.59 Å². The molecule has 3 aromatic rings. The number of Topliss-reactive ketones (excluding diaryl/α,β-unsaturated/α-hetero) is 1. The number of carbonyl (C=O) groups is 2. The fourth-order valence-electron chi connectivity index (χ4n) is 4.64. The number of nitrogens with zero attached hydrogens (tertiary/aromatic N) is 3. The number of anilines is 1. The molecule has 6 heteroatoms. The first kappa shape index (κ1) is 25.5. The summed E-state index contributed by atoms with van der Waals surface area (Å²) in [6, 6.07) is 19.6. The van der Waals surface area contributed by atoms with Crippen LogP contribution in [-0.4, -0.2) is 75.9 Å². The molecule has 0 N–H and O–H groups in total. The molecule has 0 aromatic heterocycles. The van der Waals surface area contributed by atoms with Crippen LogP contribution in [-0.2, 0) is 6.42 Å². The van der Waals surface area contributed by atoms with E-state index in [2.05, 4.69) is 22.9 Å². The molecule has 0 saturated carbocycles. The number of piperazine rings is 1. The number of ketones is 1. The second-order valence-electron chi connectivity index (χ2n) is 9.70. The largest absolute Gasteiger partial charge is 0.495 e. The third-order valence-electron chi connectivity index (χ3n) is 6.85. The van der Waals surface area contributed by atoms with Crippen LogP contribution < -0.4 is 9.64 Å². The molecule has 0 spiro atoms. The second kappa shape index (κ2) is 11.0. The predicted molar refractivity (Wildman–Crippen MR) is 145 cm³/mol. The molecule has 0 aliphatic carbocycles. The fourth-order valence-corrected chi connectivity index (χ4v) is 4.64. The van der Waals surface area contributed by atoms with Crippen molar-refractivity contribution in [3.63, 3.8) is 0 Å². The standard InChI is InChI=1S/C30H35N3O3/c1-21-18-25(23-7-9-24(10-8-23)30(35)31(2)3)11-12-26(21)28(34)20-22-6-13-29(36-5)27(19-22)33-16-14-32(4)15-17-33/h6-13,18-19H,14-17,20H2,1-5H3. The maximum absolute atomic E-state index is 13.3. The molecule has 4 rings (SSSR count). The van der Waals surface area contributed by atoms with Crippen LogP contribution in [0.25, 0.3) is 11.1 Å². The lowest BCUT2D eigenvalue weighted by Gasteiger charge is -2.35. The van der Waals surface area contributed by atoms with E-state index in [9.17, 15) is 9.59 Å². The minimum absolute atomic E-state index is 0.0204. The average Bonchev–Trinajstić information content (AvgIpc) is 2.88. The van der Waals surface area contributed by atoms with E-state index in [4.69, 9.17) is 4.74 Å². The monoisotopic (exact) mass is 485 g/mol. The highest BCUT2D eigenvalue weighted by atomic mass is 16.5. The Morgan fingerprint density at radius 3 is 2.17 bits per heavy atom. The summed E-state index contributed by atoms with van der Waals surface area (Å²) in [5.74, 6) is 0.919. The van der Waals surface area contributed by atoms with Crippen LogP contribution in [0.4, 0.5) is 5.69 Å². The predicted octanol–water partition coefficient (Wildman–Crippen LogP) is 4.55. The Morgan fingerprint density at radius 1 is 0.889 bits per heavy atom. The van der Waals surface area contributed by atoms with Crippen molar-refractivity contribution in [1.29, 1.82) is 0 Å². The van der Waals surface area contributed by atoms with Crippen LogP contribution in [0.2, 0.25) is 0 Å². The average molecular weight is 486 g/mol. The van der Waals surface area contributed by atoms with Gasteiger partial charge in [0.25, 0.3) is 5.91 Å². The first-order valence-corrected chi connectivity index (χ1v) is 12.3. The van der Waals surface area contributed by atoms with E-state index in [0.29, 0.717) is 12.0 Å². The molecular formula is C30H35N3O3. The van der Waals surface area contributed by atoms with Gasteiger partial charge in [-0.2, -0.15) is 0 Å². The zero-order chi connectivity index (χ0) is 25.8. The molecular weight excluding hydrogens is 450 g/mol. The summed E-state index contributed by atoms with van der Waals surface area (Å²) in [6.45, 7) is 5.87. The van der Waals surface area contributed by atoms with Crippen molar-refractivity contribution >= 4 is 17.4 Å². The molecule has 1 aliphatic rings. The van der Waals surface area contributed by atoms with Crippen LogP contribution in [0.3, 0.4) is 0 Å². The lowest BCUT2D eigenvalue weighted by molar-refractivity contribution is 0.0827. The number of carbonyl (C=O) groups excluding carboxylic acids is 2. The molecule has 1 aliphatic heterocycles. The summed E-state index contributed by atoms with van der Waals surface area (Å²) in [5.41, 5.74) is 6.41. The third-order valence-corrected chi connectivity index (χ3v) is 6.85. The molecule has 0 radical (unpaired) electrons. The summed E-state index contributed by atoms with van der Waals surface area (Å²) in [6.07, 6.45) is 0.340. The molecule has 0 atom stereocenters. The van der Waals surface area contributed by atoms with Crippen molar-refractivity contribution in [2.24, 2.45) is 0 Å². The summed E-state index contributed by atoms with van der Waals surface area (Å²) < 4.78 is 5.62. The van der Waals surface area contributed by atoms with Crippen LogP contribution in [0.1, 0.15) is 31.8 Å². The van der Waals surface area contributed by atoms with E-state index in [1.165, 1.54) is 0 Å². The van der Waals surface area contributed by atoms with Crippen LogP contribution in [0.15, 0.2) is 60.7 Å². The van der Waals surface area contributed by atoms with Crippen LogP contribution >= 0.6 is 0 Å².